The second-order valence-electron chi connectivity index (χ2n) is 11.5. The van der Waals surface area contributed by atoms with Crippen LogP contribution in [0.1, 0.15) is 70.4 Å². The minimum atomic E-state index is 0.00401. The fraction of sp³-hybridized carbons (Fsp3) is 0.382. The standard InChI is InChI=1S/C34H39N2/c1-5-24-36-29-17-10-9-16-27(29)33(2,3)30(36)18-13-19-31-34(22-11-6-12-23-34)28-21-20-25-14-7-8-15-26(25)32(28)35(31)4/h7-10,13-21H,5-6,11-12,22-24H2,1-4H3/q+1. The Hall–Kier alpha value is -3.13. The minimum absolute atomic E-state index is 0.00401. The van der Waals surface area contributed by atoms with Gasteiger partial charge >= 0.3 is 0 Å². The average molecular weight is 476 g/mol. The van der Waals surface area contributed by atoms with Crippen molar-refractivity contribution in [1.82, 2.24) is 0 Å². The van der Waals surface area contributed by atoms with Crippen LogP contribution in [0.15, 0.2) is 84.6 Å². The van der Waals surface area contributed by atoms with E-state index in [-0.39, 0.29) is 10.8 Å². The van der Waals surface area contributed by atoms with E-state index in [1.54, 1.807) is 0 Å². The first kappa shape index (κ1) is 23.3. The molecule has 0 atom stereocenters. The van der Waals surface area contributed by atoms with Crippen molar-refractivity contribution in [1.29, 1.82) is 0 Å². The summed E-state index contributed by atoms with van der Waals surface area (Å²) in [6.07, 6.45) is 14.8. The molecular formula is C34H39N2+. The molecule has 1 aliphatic carbocycles. The van der Waals surface area contributed by atoms with E-state index in [9.17, 15) is 0 Å². The van der Waals surface area contributed by atoms with E-state index in [1.165, 1.54) is 76.8 Å². The number of nitrogens with zero attached hydrogens (tertiary/aromatic N) is 2. The first-order valence-corrected chi connectivity index (χ1v) is 13.9. The first-order chi connectivity index (χ1) is 17.5. The monoisotopic (exact) mass is 475 g/mol. The van der Waals surface area contributed by atoms with Gasteiger partial charge in [0.1, 0.15) is 7.05 Å². The van der Waals surface area contributed by atoms with Gasteiger partial charge in [0.05, 0.1) is 10.8 Å². The lowest BCUT2D eigenvalue weighted by molar-refractivity contribution is -0.400. The molecule has 2 aliphatic heterocycles. The summed E-state index contributed by atoms with van der Waals surface area (Å²) >= 11 is 0. The molecule has 3 aliphatic rings. The molecule has 1 saturated carbocycles. The van der Waals surface area contributed by atoms with Gasteiger partial charge in [0.2, 0.25) is 5.69 Å². The van der Waals surface area contributed by atoms with Crippen molar-refractivity contribution in [2.45, 2.75) is 70.1 Å². The molecule has 6 rings (SSSR count). The molecular weight excluding hydrogens is 436 g/mol. The lowest BCUT2D eigenvalue weighted by Crippen LogP contribution is -2.36. The topological polar surface area (TPSA) is 6.25 Å². The summed E-state index contributed by atoms with van der Waals surface area (Å²) in [7, 11) is 2.29. The normalized spacial score (nSPS) is 21.2. The molecule has 0 aromatic heterocycles. The van der Waals surface area contributed by atoms with E-state index in [1.807, 2.05) is 0 Å². The second-order valence-corrected chi connectivity index (χ2v) is 11.5. The Morgan fingerprint density at radius 1 is 0.889 bits per heavy atom. The molecule has 0 amide bonds. The van der Waals surface area contributed by atoms with Crippen LogP contribution in [0, 0.1) is 0 Å². The van der Waals surface area contributed by atoms with E-state index in [0.717, 1.165) is 13.0 Å². The summed E-state index contributed by atoms with van der Waals surface area (Å²) in [5.74, 6) is 0. The third-order valence-electron chi connectivity index (χ3n) is 9.07. The first-order valence-electron chi connectivity index (χ1n) is 13.9. The van der Waals surface area contributed by atoms with Crippen LogP contribution in [-0.2, 0) is 10.8 Å². The molecule has 2 heterocycles. The number of para-hydroxylation sites is 1. The maximum absolute atomic E-state index is 2.54. The number of hydrogen-bond donors (Lipinski definition) is 0. The van der Waals surface area contributed by atoms with Crippen LogP contribution in [0.25, 0.3) is 10.8 Å². The second kappa shape index (κ2) is 8.76. The van der Waals surface area contributed by atoms with Gasteiger partial charge in [-0.25, -0.2) is 0 Å². The van der Waals surface area contributed by atoms with Gasteiger partial charge in [-0.3, -0.25) is 0 Å². The number of hydrogen-bond acceptors (Lipinski definition) is 1. The molecule has 1 spiro atoms. The number of rotatable bonds is 4. The van der Waals surface area contributed by atoms with Crippen LogP contribution in [0.2, 0.25) is 0 Å². The summed E-state index contributed by atoms with van der Waals surface area (Å²) in [6, 6.07) is 22.6. The molecule has 0 saturated heterocycles. The van der Waals surface area contributed by atoms with Gasteiger partial charge in [-0.15, -0.1) is 0 Å². The summed E-state index contributed by atoms with van der Waals surface area (Å²) in [5, 5.41) is 2.72. The third-order valence-corrected chi connectivity index (χ3v) is 9.07. The highest BCUT2D eigenvalue weighted by atomic mass is 15.2. The van der Waals surface area contributed by atoms with Crippen LogP contribution in [-0.4, -0.2) is 23.9 Å². The predicted octanol–water partition coefficient (Wildman–Crippen LogP) is 8.42. The van der Waals surface area contributed by atoms with Crippen molar-refractivity contribution in [2.24, 2.45) is 0 Å². The summed E-state index contributed by atoms with van der Waals surface area (Å²) in [5.41, 5.74) is 8.79. The zero-order chi connectivity index (χ0) is 24.9. The maximum atomic E-state index is 2.54. The van der Waals surface area contributed by atoms with Crippen LogP contribution in [0.5, 0.6) is 0 Å². The van der Waals surface area contributed by atoms with Crippen LogP contribution in [0.4, 0.5) is 11.4 Å². The fourth-order valence-corrected chi connectivity index (χ4v) is 7.37. The van der Waals surface area contributed by atoms with E-state index >= 15 is 0 Å². The fourth-order valence-electron chi connectivity index (χ4n) is 7.37. The Bertz CT molecular complexity index is 1410. The third kappa shape index (κ3) is 3.34. The van der Waals surface area contributed by atoms with Gasteiger partial charge in [0.15, 0.2) is 5.71 Å². The summed E-state index contributed by atoms with van der Waals surface area (Å²) < 4.78 is 2.51. The molecule has 1 fully saturated rings. The van der Waals surface area contributed by atoms with E-state index in [0.29, 0.717) is 0 Å². The number of allylic oxidation sites excluding steroid dienone is 4. The van der Waals surface area contributed by atoms with Gasteiger partial charge in [0, 0.05) is 35.0 Å². The van der Waals surface area contributed by atoms with Crippen LogP contribution < -0.4 is 4.90 Å². The molecule has 0 unspecified atom stereocenters. The number of benzene rings is 3. The zero-order valence-electron chi connectivity index (χ0n) is 22.3. The molecule has 0 N–H and O–H groups in total. The van der Waals surface area contributed by atoms with Crippen molar-refractivity contribution in [3.63, 3.8) is 0 Å². The molecule has 36 heavy (non-hydrogen) atoms. The molecule has 0 radical (unpaired) electrons. The van der Waals surface area contributed by atoms with Gasteiger partial charge < -0.3 is 4.90 Å². The van der Waals surface area contributed by atoms with Gasteiger partial charge in [-0.05, 0) is 48.4 Å². The lowest BCUT2D eigenvalue weighted by atomic mass is 9.67. The molecule has 184 valence electrons. The Morgan fingerprint density at radius 3 is 2.44 bits per heavy atom. The Labute approximate surface area is 216 Å². The molecule has 2 nitrogen and oxygen atoms in total. The van der Waals surface area contributed by atoms with Crippen molar-refractivity contribution in [3.05, 3.63) is 95.7 Å². The largest absolute Gasteiger partial charge is 0.344 e. The zero-order valence-corrected chi connectivity index (χ0v) is 22.3. The van der Waals surface area contributed by atoms with Gasteiger partial charge in [-0.2, -0.15) is 4.58 Å². The Balaban J connectivity index is 1.46. The number of fused-ring (bicyclic) bond motifs is 5. The Kier molecular flexibility index (Phi) is 5.67. The summed E-state index contributed by atoms with van der Waals surface area (Å²) in [4.78, 5) is 2.54. The highest BCUT2D eigenvalue weighted by Gasteiger charge is 2.51. The highest BCUT2D eigenvalue weighted by molar-refractivity contribution is 6.07. The van der Waals surface area contributed by atoms with Crippen molar-refractivity contribution in [3.8, 4) is 0 Å². The van der Waals surface area contributed by atoms with Gasteiger partial charge in [0.25, 0.3) is 0 Å². The van der Waals surface area contributed by atoms with Crippen molar-refractivity contribution < 1.29 is 4.58 Å². The molecule has 3 aromatic rings. The van der Waals surface area contributed by atoms with Crippen LogP contribution in [0.3, 0.4) is 0 Å². The SMILES string of the molecule is CCCN1/C(=C/C=C/C2=[N+](C)c3c(ccc4ccccc34)C23CCCCC3)C(C)(C)c2ccccc21. The highest BCUT2D eigenvalue weighted by Crippen LogP contribution is 2.51. The average Bonchev–Trinajstić information content (AvgIpc) is 3.25. The minimum Gasteiger partial charge on any atom is -0.344 e. The molecule has 3 aromatic carbocycles. The summed E-state index contributed by atoms with van der Waals surface area (Å²) in [6.45, 7) is 8.08. The predicted molar refractivity (Wildman–Crippen MR) is 154 cm³/mol. The lowest BCUT2D eigenvalue weighted by Gasteiger charge is -2.31. The van der Waals surface area contributed by atoms with Crippen molar-refractivity contribution in [2.75, 3.05) is 18.5 Å². The van der Waals surface area contributed by atoms with E-state index < -0.39 is 0 Å². The smallest absolute Gasteiger partial charge is 0.217 e. The molecule has 2 heteroatoms. The quantitative estimate of drug-likeness (QED) is 0.343. The van der Waals surface area contributed by atoms with Crippen LogP contribution >= 0.6 is 0 Å². The van der Waals surface area contributed by atoms with Crippen molar-refractivity contribution >= 4 is 27.9 Å². The van der Waals surface area contributed by atoms with E-state index in [2.05, 4.69) is 116 Å². The maximum Gasteiger partial charge on any atom is 0.217 e. The molecule has 0 bridgehead atoms. The van der Waals surface area contributed by atoms with Gasteiger partial charge in [-0.1, -0.05) is 94.6 Å². The Morgan fingerprint density at radius 2 is 1.64 bits per heavy atom. The van der Waals surface area contributed by atoms with E-state index in [4.69, 9.17) is 0 Å². The number of anilines is 1.